The first-order valence-electron chi connectivity index (χ1n) is 7.39. The van der Waals surface area contributed by atoms with Crippen LogP contribution < -0.4 is 0 Å². The van der Waals surface area contributed by atoms with Gasteiger partial charge in [0.15, 0.2) is 0 Å². The molecule has 0 aromatic heterocycles. The third-order valence-electron chi connectivity index (χ3n) is 3.87. The van der Waals surface area contributed by atoms with E-state index in [0.717, 1.165) is 11.3 Å². The van der Waals surface area contributed by atoms with E-state index >= 15 is 0 Å². The lowest BCUT2D eigenvalue weighted by Crippen LogP contribution is -2.30. The summed E-state index contributed by atoms with van der Waals surface area (Å²) in [7, 11) is 0. The van der Waals surface area contributed by atoms with Gasteiger partial charge in [-0.25, -0.2) is 0 Å². The molecule has 0 radical (unpaired) electrons. The van der Waals surface area contributed by atoms with Gasteiger partial charge in [-0.2, -0.15) is 0 Å². The average Bonchev–Trinajstić information content (AvgIpc) is 3.11. The van der Waals surface area contributed by atoms with Gasteiger partial charge >= 0.3 is 0 Å². The molecule has 0 aliphatic carbocycles. The van der Waals surface area contributed by atoms with Gasteiger partial charge < -0.3 is 4.90 Å². The number of rotatable bonds is 4. The number of amides is 1. The van der Waals surface area contributed by atoms with Crippen LogP contribution in [0.2, 0.25) is 0 Å². The first-order valence-corrected chi connectivity index (χ1v) is 8.43. The molecule has 1 amide bonds. The van der Waals surface area contributed by atoms with E-state index in [9.17, 15) is 25.0 Å². The molecule has 3 rings (SSSR count). The van der Waals surface area contributed by atoms with Gasteiger partial charge in [-0.3, -0.25) is 25.0 Å². The summed E-state index contributed by atoms with van der Waals surface area (Å²) in [5, 5.41) is 21.2. The van der Waals surface area contributed by atoms with Crippen LogP contribution >= 0.6 is 11.8 Å². The van der Waals surface area contributed by atoms with Gasteiger partial charge in [-0.1, -0.05) is 0 Å². The van der Waals surface area contributed by atoms with Crippen LogP contribution in [0, 0.1) is 20.2 Å². The maximum Gasteiger partial charge on any atom is 0.269 e. The van der Waals surface area contributed by atoms with Crippen LogP contribution in [0.4, 0.5) is 11.4 Å². The first-order chi connectivity index (χ1) is 12.0. The Morgan fingerprint density at radius 1 is 0.960 bits per heavy atom. The number of nitro benzene ring substituents is 2. The van der Waals surface area contributed by atoms with E-state index < -0.39 is 9.85 Å². The summed E-state index contributed by atoms with van der Waals surface area (Å²) in [6.07, 6.45) is 0. The zero-order valence-electron chi connectivity index (χ0n) is 12.9. The minimum atomic E-state index is -0.514. The van der Waals surface area contributed by atoms with Gasteiger partial charge in [-0.05, 0) is 29.8 Å². The topological polar surface area (TPSA) is 107 Å². The van der Waals surface area contributed by atoms with E-state index in [1.807, 2.05) is 0 Å². The fourth-order valence-electron chi connectivity index (χ4n) is 2.61. The molecule has 1 atom stereocenters. The highest BCUT2D eigenvalue weighted by molar-refractivity contribution is 7.99. The molecule has 1 heterocycles. The Kier molecular flexibility index (Phi) is 4.66. The van der Waals surface area contributed by atoms with Gasteiger partial charge in [0.1, 0.15) is 5.37 Å². The van der Waals surface area contributed by atoms with E-state index in [1.54, 1.807) is 28.8 Å². The highest BCUT2D eigenvalue weighted by Crippen LogP contribution is 2.39. The minimum Gasteiger partial charge on any atom is -0.322 e. The van der Waals surface area contributed by atoms with Crippen molar-refractivity contribution in [1.29, 1.82) is 0 Å². The summed E-state index contributed by atoms with van der Waals surface area (Å²) in [6.45, 7) is 0.544. The fourth-order valence-corrected chi connectivity index (χ4v) is 3.86. The molecule has 1 aliphatic rings. The highest BCUT2D eigenvalue weighted by Gasteiger charge is 2.31. The largest absolute Gasteiger partial charge is 0.322 e. The summed E-state index contributed by atoms with van der Waals surface area (Å²) in [5.74, 6) is 0.531. The van der Waals surface area contributed by atoms with Crippen LogP contribution in [0.5, 0.6) is 0 Å². The lowest BCUT2D eigenvalue weighted by Gasteiger charge is -2.24. The van der Waals surface area contributed by atoms with Crippen molar-refractivity contribution in [3.63, 3.8) is 0 Å². The first kappa shape index (κ1) is 16.9. The third-order valence-corrected chi connectivity index (χ3v) is 5.13. The zero-order chi connectivity index (χ0) is 18.0. The Hall–Kier alpha value is -2.94. The van der Waals surface area contributed by atoms with Crippen molar-refractivity contribution in [1.82, 2.24) is 4.90 Å². The molecule has 0 spiro atoms. The molecule has 1 saturated heterocycles. The van der Waals surface area contributed by atoms with Crippen molar-refractivity contribution in [3.8, 4) is 0 Å². The van der Waals surface area contributed by atoms with Crippen molar-refractivity contribution in [2.75, 3.05) is 12.3 Å². The third kappa shape index (κ3) is 3.45. The maximum absolute atomic E-state index is 12.7. The number of hydrogen-bond donors (Lipinski definition) is 0. The normalized spacial score (nSPS) is 16.6. The molecule has 1 unspecified atom stereocenters. The smallest absolute Gasteiger partial charge is 0.269 e. The summed E-state index contributed by atoms with van der Waals surface area (Å²) in [6, 6.07) is 11.6. The summed E-state index contributed by atoms with van der Waals surface area (Å²) in [4.78, 5) is 34.9. The Labute approximate surface area is 146 Å². The number of benzene rings is 2. The number of carbonyl (C=O) groups excluding carboxylic acids is 1. The second-order valence-corrected chi connectivity index (χ2v) is 6.56. The van der Waals surface area contributed by atoms with E-state index in [0.29, 0.717) is 12.1 Å². The van der Waals surface area contributed by atoms with Crippen LogP contribution in [0.3, 0.4) is 0 Å². The predicted molar refractivity (Wildman–Crippen MR) is 92.4 cm³/mol. The van der Waals surface area contributed by atoms with Crippen LogP contribution in [-0.2, 0) is 0 Å². The van der Waals surface area contributed by atoms with Gasteiger partial charge in [0.25, 0.3) is 17.3 Å². The molecular weight excluding hydrogens is 346 g/mol. The maximum atomic E-state index is 12.7. The van der Waals surface area contributed by atoms with Gasteiger partial charge in [0, 0.05) is 42.1 Å². The van der Waals surface area contributed by atoms with E-state index in [4.69, 9.17) is 0 Å². The lowest BCUT2D eigenvalue weighted by atomic mass is 10.1. The van der Waals surface area contributed by atoms with Crippen LogP contribution in [0.15, 0.2) is 48.5 Å². The standard InChI is InChI=1S/C16H13N3O5S/c20-15(11-1-5-13(6-2-11)18(21)22)17-9-10-25-16(17)12-3-7-14(8-4-12)19(23)24/h1-8,16H,9-10H2. The number of carbonyl (C=O) groups is 1. The summed E-state index contributed by atoms with van der Waals surface area (Å²) < 4.78 is 0. The molecular formula is C16H13N3O5S. The van der Waals surface area contributed by atoms with Crippen LogP contribution in [0.25, 0.3) is 0 Å². The highest BCUT2D eigenvalue weighted by atomic mass is 32.2. The number of nitro groups is 2. The van der Waals surface area contributed by atoms with Crippen LogP contribution in [-0.4, -0.2) is 33.0 Å². The average molecular weight is 359 g/mol. The van der Waals surface area contributed by atoms with E-state index in [1.165, 1.54) is 36.4 Å². The molecule has 1 aliphatic heterocycles. The van der Waals surface area contributed by atoms with Gasteiger partial charge in [0.2, 0.25) is 0 Å². The fraction of sp³-hybridized carbons (Fsp3) is 0.188. The molecule has 8 nitrogen and oxygen atoms in total. The molecule has 2 aromatic carbocycles. The Bertz CT molecular complexity index is 823. The van der Waals surface area contributed by atoms with Crippen molar-refractivity contribution in [2.45, 2.75) is 5.37 Å². The second kappa shape index (κ2) is 6.89. The zero-order valence-corrected chi connectivity index (χ0v) is 13.7. The minimum absolute atomic E-state index is 0.00000707. The Morgan fingerprint density at radius 3 is 2.00 bits per heavy atom. The van der Waals surface area contributed by atoms with E-state index in [-0.39, 0.29) is 22.7 Å². The SMILES string of the molecule is O=C(c1ccc([N+](=O)[O-])cc1)N1CCSC1c1ccc([N+](=O)[O-])cc1. The molecule has 0 N–H and O–H groups in total. The number of nitrogens with zero attached hydrogens (tertiary/aromatic N) is 3. The molecule has 9 heteroatoms. The molecule has 0 saturated carbocycles. The number of hydrogen-bond acceptors (Lipinski definition) is 6. The lowest BCUT2D eigenvalue weighted by molar-refractivity contribution is -0.385. The van der Waals surface area contributed by atoms with Gasteiger partial charge in [-0.15, -0.1) is 11.8 Å². The Balaban J connectivity index is 1.81. The summed E-state index contributed by atoms with van der Waals surface area (Å²) >= 11 is 1.58. The number of non-ortho nitro benzene ring substituents is 2. The molecule has 25 heavy (non-hydrogen) atoms. The van der Waals surface area contributed by atoms with Crippen LogP contribution in [0.1, 0.15) is 21.3 Å². The quantitative estimate of drug-likeness (QED) is 0.612. The molecule has 1 fully saturated rings. The van der Waals surface area contributed by atoms with Gasteiger partial charge in [0.05, 0.1) is 9.85 Å². The second-order valence-electron chi connectivity index (χ2n) is 5.37. The van der Waals surface area contributed by atoms with Crippen molar-refractivity contribution in [3.05, 3.63) is 79.9 Å². The monoisotopic (exact) mass is 359 g/mol. The van der Waals surface area contributed by atoms with Crippen molar-refractivity contribution in [2.24, 2.45) is 0 Å². The van der Waals surface area contributed by atoms with Crippen molar-refractivity contribution >= 4 is 29.0 Å². The van der Waals surface area contributed by atoms with E-state index in [2.05, 4.69) is 0 Å². The molecule has 128 valence electrons. The Morgan fingerprint density at radius 2 is 1.48 bits per heavy atom. The predicted octanol–water partition coefficient (Wildman–Crippen LogP) is 3.39. The molecule has 0 bridgehead atoms. The summed E-state index contributed by atoms with van der Waals surface area (Å²) in [5.41, 5.74) is 1.11. The van der Waals surface area contributed by atoms with Crippen molar-refractivity contribution < 1.29 is 14.6 Å². The number of thioether (sulfide) groups is 1. The molecule has 2 aromatic rings.